The van der Waals surface area contributed by atoms with Crippen molar-refractivity contribution in [1.29, 1.82) is 0 Å². The summed E-state index contributed by atoms with van der Waals surface area (Å²) in [5.41, 5.74) is 0. The van der Waals surface area contributed by atoms with E-state index in [1.165, 1.54) is 51.7 Å². The SMILES string of the molecule is CCNC(CN(CC)CC1CCC1)C1CC1. The third kappa shape index (κ3) is 3.46. The summed E-state index contributed by atoms with van der Waals surface area (Å²) in [6.45, 7) is 9.54. The molecule has 0 amide bonds. The van der Waals surface area contributed by atoms with Crippen molar-refractivity contribution in [2.75, 3.05) is 26.2 Å². The van der Waals surface area contributed by atoms with Gasteiger partial charge in [0, 0.05) is 19.1 Å². The lowest BCUT2D eigenvalue weighted by Gasteiger charge is -2.34. The summed E-state index contributed by atoms with van der Waals surface area (Å²) in [6.07, 6.45) is 7.34. The molecule has 2 heteroatoms. The van der Waals surface area contributed by atoms with E-state index in [-0.39, 0.29) is 0 Å². The molecule has 1 atom stereocenters. The van der Waals surface area contributed by atoms with Crippen molar-refractivity contribution < 1.29 is 0 Å². The maximum atomic E-state index is 3.68. The summed E-state index contributed by atoms with van der Waals surface area (Å²) in [5.74, 6) is 2.00. The van der Waals surface area contributed by atoms with E-state index in [1.807, 2.05) is 0 Å². The summed E-state index contributed by atoms with van der Waals surface area (Å²) in [4.78, 5) is 2.68. The van der Waals surface area contributed by atoms with Gasteiger partial charge in [-0.2, -0.15) is 0 Å². The Kier molecular flexibility index (Phi) is 4.66. The van der Waals surface area contributed by atoms with E-state index in [4.69, 9.17) is 0 Å². The molecule has 1 N–H and O–H groups in total. The maximum absolute atomic E-state index is 3.68. The summed E-state index contributed by atoms with van der Waals surface area (Å²) in [5, 5.41) is 3.68. The van der Waals surface area contributed by atoms with Crippen LogP contribution in [0.3, 0.4) is 0 Å². The van der Waals surface area contributed by atoms with Crippen LogP contribution in [0.15, 0.2) is 0 Å². The summed E-state index contributed by atoms with van der Waals surface area (Å²) in [6, 6.07) is 0.769. The third-order valence-corrected chi connectivity index (χ3v) is 4.30. The zero-order chi connectivity index (χ0) is 11.4. The molecule has 2 saturated carbocycles. The van der Waals surface area contributed by atoms with Crippen LogP contribution in [0.1, 0.15) is 46.0 Å². The molecular weight excluding hydrogens is 196 g/mol. The van der Waals surface area contributed by atoms with E-state index < -0.39 is 0 Å². The molecule has 0 aromatic rings. The maximum Gasteiger partial charge on any atom is 0.0223 e. The van der Waals surface area contributed by atoms with Gasteiger partial charge in [0.25, 0.3) is 0 Å². The Morgan fingerprint density at radius 3 is 2.38 bits per heavy atom. The van der Waals surface area contributed by atoms with Crippen LogP contribution < -0.4 is 5.32 Å². The van der Waals surface area contributed by atoms with Crippen LogP contribution in [0.4, 0.5) is 0 Å². The van der Waals surface area contributed by atoms with Gasteiger partial charge in [0.1, 0.15) is 0 Å². The Balaban J connectivity index is 1.73. The highest BCUT2D eigenvalue weighted by atomic mass is 15.1. The van der Waals surface area contributed by atoms with Crippen molar-refractivity contribution >= 4 is 0 Å². The molecular formula is C14H28N2. The second-order valence-corrected chi connectivity index (χ2v) is 5.65. The molecule has 0 spiro atoms. The van der Waals surface area contributed by atoms with Crippen molar-refractivity contribution in [1.82, 2.24) is 10.2 Å². The van der Waals surface area contributed by atoms with Gasteiger partial charge in [-0.15, -0.1) is 0 Å². The lowest BCUT2D eigenvalue weighted by atomic mass is 9.85. The van der Waals surface area contributed by atoms with Gasteiger partial charge in [-0.05, 0) is 50.6 Å². The van der Waals surface area contributed by atoms with Crippen molar-refractivity contribution in [3.63, 3.8) is 0 Å². The summed E-state index contributed by atoms with van der Waals surface area (Å²) in [7, 11) is 0. The van der Waals surface area contributed by atoms with Crippen LogP contribution in [0.5, 0.6) is 0 Å². The molecule has 0 heterocycles. The Hall–Kier alpha value is -0.0800. The highest BCUT2D eigenvalue weighted by molar-refractivity contribution is 4.88. The van der Waals surface area contributed by atoms with Gasteiger partial charge in [-0.25, -0.2) is 0 Å². The van der Waals surface area contributed by atoms with Crippen LogP contribution in [0.2, 0.25) is 0 Å². The minimum Gasteiger partial charge on any atom is -0.313 e. The van der Waals surface area contributed by atoms with Gasteiger partial charge in [-0.1, -0.05) is 20.3 Å². The van der Waals surface area contributed by atoms with Crippen molar-refractivity contribution in [3.05, 3.63) is 0 Å². The first kappa shape index (κ1) is 12.4. The van der Waals surface area contributed by atoms with Gasteiger partial charge in [0.05, 0.1) is 0 Å². The molecule has 0 aromatic carbocycles. The van der Waals surface area contributed by atoms with Crippen LogP contribution in [0.25, 0.3) is 0 Å². The molecule has 0 saturated heterocycles. The number of hydrogen-bond donors (Lipinski definition) is 1. The summed E-state index contributed by atoms with van der Waals surface area (Å²) < 4.78 is 0. The number of nitrogens with one attached hydrogen (secondary N) is 1. The van der Waals surface area contributed by atoms with Crippen LogP contribution in [-0.2, 0) is 0 Å². The van der Waals surface area contributed by atoms with Gasteiger partial charge >= 0.3 is 0 Å². The fraction of sp³-hybridized carbons (Fsp3) is 1.00. The smallest absolute Gasteiger partial charge is 0.0223 e. The lowest BCUT2D eigenvalue weighted by molar-refractivity contribution is 0.166. The predicted octanol–water partition coefficient (Wildman–Crippen LogP) is 2.50. The molecule has 16 heavy (non-hydrogen) atoms. The van der Waals surface area contributed by atoms with E-state index in [2.05, 4.69) is 24.1 Å². The van der Waals surface area contributed by atoms with Crippen LogP contribution in [0, 0.1) is 11.8 Å². The third-order valence-electron chi connectivity index (χ3n) is 4.30. The van der Waals surface area contributed by atoms with Crippen LogP contribution >= 0.6 is 0 Å². The van der Waals surface area contributed by atoms with Gasteiger partial charge in [-0.3, -0.25) is 0 Å². The van der Waals surface area contributed by atoms with Gasteiger partial charge in [0.2, 0.25) is 0 Å². The topological polar surface area (TPSA) is 15.3 Å². The van der Waals surface area contributed by atoms with Crippen molar-refractivity contribution in [2.45, 2.75) is 52.0 Å². The van der Waals surface area contributed by atoms with E-state index in [0.717, 1.165) is 24.4 Å². The summed E-state index contributed by atoms with van der Waals surface area (Å²) >= 11 is 0. The van der Waals surface area contributed by atoms with E-state index in [9.17, 15) is 0 Å². The molecule has 0 aliphatic heterocycles. The highest BCUT2D eigenvalue weighted by Gasteiger charge is 2.32. The molecule has 0 radical (unpaired) electrons. The van der Waals surface area contributed by atoms with E-state index in [0.29, 0.717) is 0 Å². The quantitative estimate of drug-likeness (QED) is 0.681. The van der Waals surface area contributed by atoms with E-state index >= 15 is 0 Å². The Morgan fingerprint density at radius 2 is 1.94 bits per heavy atom. The minimum absolute atomic E-state index is 0.769. The average molecular weight is 224 g/mol. The molecule has 2 rings (SSSR count). The fourth-order valence-electron chi connectivity index (χ4n) is 2.79. The molecule has 2 aliphatic carbocycles. The predicted molar refractivity (Wildman–Crippen MR) is 69.6 cm³/mol. The van der Waals surface area contributed by atoms with Gasteiger partial charge in [0.15, 0.2) is 0 Å². The Labute approximate surface area is 101 Å². The minimum atomic E-state index is 0.769. The molecule has 94 valence electrons. The highest BCUT2D eigenvalue weighted by Crippen LogP contribution is 2.33. The monoisotopic (exact) mass is 224 g/mol. The van der Waals surface area contributed by atoms with Crippen molar-refractivity contribution in [3.8, 4) is 0 Å². The molecule has 0 bridgehead atoms. The largest absolute Gasteiger partial charge is 0.313 e. The number of hydrogen-bond acceptors (Lipinski definition) is 2. The fourth-order valence-corrected chi connectivity index (χ4v) is 2.79. The molecule has 2 fully saturated rings. The first-order chi connectivity index (χ1) is 7.83. The average Bonchev–Trinajstić information content (AvgIpc) is 3.03. The Bertz CT molecular complexity index is 197. The van der Waals surface area contributed by atoms with Crippen molar-refractivity contribution in [2.24, 2.45) is 11.8 Å². The molecule has 2 nitrogen and oxygen atoms in total. The number of likely N-dealkylation sites (N-methyl/N-ethyl adjacent to an activating group) is 2. The lowest BCUT2D eigenvalue weighted by Crippen LogP contribution is -2.44. The molecule has 0 aromatic heterocycles. The van der Waals surface area contributed by atoms with Gasteiger partial charge < -0.3 is 10.2 Å². The van der Waals surface area contributed by atoms with E-state index in [1.54, 1.807) is 0 Å². The molecule has 1 unspecified atom stereocenters. The second kappa shape index (κ2) is 6.02. The normalized spacial score (nSPS) is 23.4. The Morgan fingerprint density at radius 1 is 1.19 bits per heavy atom. The zero-order valence-corrected chi connectivity index (χ0v) is 11.0. The first-order valence-corrected chi connectivity index (χ1v) is 7.29. The van der Waals surface area contributed by atoms with Crippen LogP contribution in [-0.4, -0.2) is 37.1 Å². The number of rotatable bonds is 8. The first-order valence-electron chi connectivity index (χ1n) is 7.29. The molecule has 2 aliphatic rings. The zero-order valence-electron chi connectivity index (χ0n) is 11.0. The standard InChI is InChI=1S/C14H28N2/c1-3-15-14(13-8-9-13)11-16(4-2)10-12-6-5-7-12/h12-15H,3-11H2,1-2H3. The second-order valence-electron chi connectivity index (χ2n) is 5.65. The number of nitrogens with zero attached hydrogens (tertiary/aromatic N) is 1.